The number of nitrogens with one attached hydrogen (secondary N) is 1. The molecule has 0 aromatic heterocycles. The maximum absolute atomic E-state index is 12.9. The van der Waals surface area contributed by atoms with Gasteiger partial charge in [0.1, 0.15) is 5.75 Å². The minimum Gasteiger partial charge on any atom is -0.496 e. The maximum Gasteiger partial charge on any atom is 0.257 e. The number of para-hydroxylation sites is 2. The van der Waals surface area contributed by atoms with Gasteiger partial charge in [-0.15, -0.1) is 0 Å². The number of likely N-dealkylation sites (tertiary alicyclic amines) is 1. The molecule has 5 nitrogen and oxygen atoms in total. The van der Waals surface area contributed by atoms with Gasteiger partial charge in [-0.2, -0.15) is 0 Å². The zero-order chi connectivity index (χ0) is 19.3. The van der Waals surface area contributed by atoms with Crippen LogP contribution in [0.3, 0.4) is 0 Å². The van der Waals surface area contributed by atoms with E-state index in [0.717, 1.165) is 39.0 Å². The molecule has 2 saturated heterocycles. The first-order valence-corrected chi connectivity index (χ1v) is 10.3. The van der Waals surface area contributed by atoms with Gasteiger partial charge < -0.3 is 19.4 Å². The summed E-state index contributed by atoms with van der Waals surface area (Å²) in [5.74, 6) is 0.761. The first-order valence-electron chi connectivity index (χ1n) is 10.3. The van der Waals surface area contributed by atoms with Gasteiger partial charge in [0.05, 0.1) is 44.9 Å². The van der Waals surface area contributed by atoms with Crippen LogP contribution in [0.25, 0.3) is 0 Å². The number of hydrogen-bond acceptors (Lipinski definition) is 3. The van der Waals surface area contributed by atoms with Crippen molar-refractivity contribution < 1.29 is 14.4 Å². The molecule has 0 spiro atoms. The number of benzene rings is 2. The summed E-state index contributed by atoms with van der Waals surface area (Å²) in [4.78, 5) is 19.1. The lowest BCUT2D eigenvalue weighted by molar-refractivity contribution is -0.927. The van der Waals surface area contributed by atoms with Gasteiger partial charge in [-0.05, 0) is 24.3 Å². The van der Waals surface area contributed by atoms with Gasteiger partial charge in [0, 0.05) is 31.6 Å². The third kappa shape index (κ3) is 3.99. The van der Waals surface area contributed by atoms with E-state index in [1.807, 2.05) is 29.2 Å². The average molecular weight is 381 g/mol. The van der Waals surface area contributed by atoms with Gasteiger partial charge in [0.25, 0.3) is 5.91 Å². The van der Waals surface area contributed by atoms with Crippen LogP contribution in [0.15, 0.2) is 54.6 Å². The molecular formula is C23H30N3O2+. The molecule has 2 aliphatic heterocycles. The molecule has 0 aliphatic carbocycles. The summed E-state index contributed by atoms with van der Waals surface area (Å²) in [6.07, 6.45) is 2.17. The molecule has 0 atom stereocenters. The highest BCUT2D eigenvalue weighted by atomic mass is 16.5. The average Bonchev–Trinajstić information content (AvgIpc) is 2.79. The van der Waals surface area contributed by atoms with E-state index in [9.17, 15) is 4.79 Å². The summed E-state index contributed by atoms with van der Waals surface area (Å²) in [5.41, 5.74) is 2.01. The Hall–Kier alpha value is -2.53. The van der Waals surface area contributed by atoms with Crippen molar-refractivity contribution in [3.05, 3.63) is 60.2 Å². The lowest BCUT2D eigenvalue weighted by Crippen LogP contribution is -3.18. The van der Waals surface area contributed by atoms with Crippen molar-refractivity contribution in [3.63, 3.8) is 0 Å². The Balaban J connectivity index is 1.29. The number of piperazine rings is 1. The van der Waals surface area contributed by atoms with E-state index >= 15 is 0 Å². The van der Waals surface area contributed by atoms with Crippen LogP contribution in [0.2, 0.25) is 0 Å². The number of amides is 1. The van der Waals surface area contributed by atoms with Crippen LogP contribution in [0.1, 0.15) is 23.2 Å². The quantitative estimate of drug-likeness (QED) is 0.877. The fourth-order valence-corrected chi connectivity index (χ4v) is 4.58. The fraction of sp³-hybridized carbons (Fsp3) is 0.435. The second-order valence-corrected chi connectivity index (χ2v) is 7.75. The van der Waals surface area contributed by atoms with Crippen molar-refractivity contribution in [2.45, 2.75) is 18.9 Å². The number of ether oxygens (including phenoxy) is 1. The number of carbonyl (C=O) groups is 1. The summed E-state index contributed by atoms with van der Waals surface area (Å²) in [7, 11) is 1.62. The number of hydrogen-bond donors (Lipinski definition) is 1. The lowest BCUT2D eigenvalue weighted by Gasteiger charge is -2.41. The van der Waals surface area contributed by atoms with Gasteiger partial charge in [-0.1, -0.05) is 30.3 Å². The largest absolute Gasteiger partial charge is 0.496 e. The van der Waals surface area contributed by atoms with Gasteiger partial charge in [0.15, 0.2) is 0 Å². The number of piperidine rings is 1. The van der Waals surface area contributed by atoms with Crippen molar-refractivity contribution in [3.8, 4) is 5.75 Å². The molecule has 148 valence electrons. The van der Waals surface area contributed by atoms with E-state index in [1.54, 1.807) is 12.0 Å². The molecule has 2 fully saturated rings. The Labute approximate surface area is 167 Å². The van der Waals surface area contributed by atoms with Crippen molar-refractivity contribution in [1.29, 1.82) is 0 Å². The number of rotatable bonds is 4. The van der Waals surface area contributed by atoms with Crippen LogP contribution in [0.4, 0.5) is 5.69 Å². The summed E-state index contributed by atoms with van der Waals surface area (Å²) < 4.78 is 5.36. The van der Waals surface area contributed by atoms with Gasteiger partial charge in [-0.3, -0.25) is 4.79 Å². The third-order valence-corrected chi connectivity index (χ3v) is 6.22. The van der Waals surface area contributed by atoms with Crippen LogP contribution in [0.5, 0.6) is 5.75 Å². The SMILES string of the molecule is COc1ccccc1C(=O)N1CCC([NH+]2CCN(c3ccccc3)CC2)CC1. The second-order valence-electron chi connectivity index (χ2n) is 7.75. The Morgan fingerprint density at radius 1 is 0.929 bits per heavy atom. The van der Waals surface area contributed by atoms with E-state index in [-0.39, 0.29) is 5.91 Å². The molecule has 0 saturated carbocycles. The molecule has 2 aromatic carbocycles. The highest BCUT2D eigenvalue weighted by Gasteiger charge is 2.32. The first-order chi connectivity index (χ1) is 13.8. The predicted molar refractivity (Wildman–Crippen MR) is 111 cm³/mol. The molecule has 0 radical (unpaired) electrons. The molecule has 28 heavy (non-hydrogen) atoms. The molecule has 2 heterocycles. The molecule has 1 N–H and O–H groups in total. The summed E-state index contributed by atoms with van der Waals surface area (Å²) in [6, 6.07) is 18.9. The molecule has 1 amide bonds. The standard InChI is InChI=1S/C23H29N3O2/c1-28-22-10-6-5-9-21(22)23(27)26-13-11-20(12-14-26)25-17-15-24(16-18-25)19-7-3-2-4-8-19/h2-10,20H,11-18H2,1H3/p+1. The van der Waals surface area contributed by atoms with Gasteiger partial charge >= 0.3 is 0 Å². The molecule has 2 aromatic rings. The summed E-state index contributed by atoms with van der Waals surface area (Å²) in [6.45, 7) is 6.26. The van der Waals surface area contributed by atoms with Crippen molar-refractivity contribution in [1.82, 2.24) is 4.90 Å². The van der Waals surface area contributed by atoms with Crippen molar-refractivity contribution in [2.75, 3.05) is 51.3 Å². The molecule has 4 rings (SSSR count). The number of carbonyl (C=O) groups excluding carboxylic acids is 1. The summed E-state index contributed by atoms with van der Waals surface area (Å²) >= 11 is 0. The predicted octanol–water partition coefficient (Wildman–Crippen LogP) is 1.70. The zero-order valence-corrected chi connectivity index (χ0v) is 16.6. The third-order valence-electron chi connectivity index (χ3n) is 6.22. The first kappa shape index (κ1) is 18.8. The normalized spacial score (nSPS) is 18.9. The number of methoxy groups -OCH3 is 1. The Morgan fingerprint density at radius 2 is 1.57 bits per heavy atom. The Kier molecular flexibility index (Phi) is 5.81. The van der Waals surface area contributed by atoms with Crippen LogP contribution in [-0.4, -0.2) is 63.2 Å². The summed E-state index contributed by atoms with van der Waals surface area (Å²) in [5, 5.41) is 0. The zero-order valence-electron chi connectivity index (χ0n) is 16.6. The van der Waals surface area contributed by atoms with Crippen LogP contribution in [-0.2, 0) is 0 Å². The number of quaternary nitrogens is 1. The monoisotopic (exact) mass is 380 g/mol. The van der Waals surface area contributed by atoms with E-state index in [0.29, 0.717) is 17.4 Å². The van der Waals surface area contributed by atoms with Crippen LogP contribution >= 0.6 is 0 Å². The van der Waals surface area contributed by atoms with E-state index in [2.05, 4.69) is 35.2 Å². The molecule has 2 aliphatic rings. The molecule has 0 unspecified atom stereocenters. The van der Waals surface area contributed by atoms with E-state index in [1.165, 1.54) is 18.8 Å². The minimum absolute atomic E-state index is 0.0970. The van der Waals surface area contributed by atoms with Crippen molar-refractivity contribution >= 4 is 11.6 Å². The molecule has 0 bridgehead atoms. The molecular weight excluding hydrogens is 350 g/mol. The highest BCUT2D eigenvalue weighted by Crippen LogP contribution is 2.21. The molecule has 5 heteroatoms. The van der Waals surface area contributed by atoms with Crippen molar-refractivity contribution in [2.24, 2.45) is 0 Å². The second kappa shape index (κ2) is 8.65. The smallest absolute Gasteiger partial charge is 0.257 e. The van der Waals surface area contributed by atoms with Gasteiger partial charge in [0.2, 0.25) is 0 Å². The van der Waals surface area contributed by atoms with E-state index < -0.39 is 0 Å². The maximum atomic E-state index is 12.9. The lowest BCUT2D eigenvalue weighted by atomic mass is 10.0. The Morgan fingerprint density at radius 3 is 2.25 bits per heavy atom. The van der Waals surface area contributed by atoms with Gasteiger partial charge in [-0.25, -0.2) is 0 Å². The topological polar surface area (TPSA) is 37.2 Å². The van der Waals surface area contributed by atoms with Crippen LogP contribution < -0.4 is 14.5 Å². The number of nitrogens with zero attached hydrogens (tertiary/aromatic N) is 2. The number of anilines is 1. The van der Waals surface area contributed by atoms with E-state index in [4.69, 9.17) is 4.74 Å². The Bertz CT molecular complexity index is 779. The fourth-order valence-electron chi connectivity index (χ4n) is 4.58. The minimum atomic E-state index is 0.0970. The van der Waals surface area contributed by atoms with Crippen LogP contribution in [0, 0.1) is 0 Å². The highest BCUT2D eigenvalue weighted by molar-refractivity contribution is 5.97.